The van der Waals surface area contributed by atoms with Crippen molar-refractivity contribution in [1.29, 1.82) is 0 Å². The summed E-state index contributed by atoms with van der Waals surface area (Å²) in [6.45, 7) is 7.72. The Kier molecular flexibility index (Phi) is 9.71. The zero-order valence-electron chi connectivity index (χ0n) is 20.8. The van der Waals surface area contributed by atoms with Gasteiger partial charge in [0.1, 0.15) is 12.4 Å². The third-order valence-electron chi connectivity index (χ3n) is 6.01. The van der Waals surface area contributed by atoms with Crippen molar-refractivity contribution in [2.45, 2.75) is 58.5 Å². The summed E-state index contributed by atoms with van der Waals surface area (Å²) in [5.41, 5.74) is 3.29. The number of carbonyl (C=O) groups is 1. The van der Waals surface area contributed by atoms with E-state index >= 15 is 0 Å². The highest BCUT2D eigenvalue weighted by Gasteiger charge is 2.43. The van der Waals surface area contributed by atoms with Gasteiger partial charge in [-0.25, -0.2) is 0 Å². The first-order chi connectivity index (χ1) is 16.6. The van der Waals surface area contributed by atoms with Gasteiger partial charge in [-0.15, -0.1) is 0 Å². The minimum atomic E-state index is -0.167. The summed E-state index contributed by atoms with van der Waals surface area (Å²) in [4.78, 5) is 20.6. The largest absolute Gasteiger partial charge is 0.497 e. The number of nitrogens with one attached hydrogen (secondary N) is 1. The lowest BCUT2D eigenvalue weighted by Gasteiger charge is -2.43. The van der Waals surface area contributed by atoms with Gasteiger partial charge in [-0.3, -0.25) is 9.69 Å². The average Bonchev–Trinajstić information content (AvgIpc) is 2.87. The monoisotopic (exact) mass is 463 g/mol. The molecule has 1 amide bonds. The van der Waals surface area contributed by atoms with Crippen LogP contribution >= 0.6 is 0 Å². The molecule has 1 heterocycles. The number of methoxy groups -OCH3 is 1. The number of amides is 1. The van der Waals surface area contributed by atoms with Crippen LogP contribution < -0.4 is 15.0 Å². The molecular weight excluding hydrogens is 426 g/mol. The van der Waals surface area contributed by atoms with Gasteiger partial charge in [0.2, 0.25) is 0 Å². The number of hydrogen-bond acceptors (Lipinski definition) is 5. The number of carbonyl (C=O) groups excluding carboxylic acids is 1. The molecule has 2 aromatic rings. The number of hydrogen-bond donors (Lipinski definition) is 1. The lowest BCUT2D eigenvalue weighted by Crippen LogP contribution is -2.49. The molecule has 182 valence electrons. The second kappa shape index (κ2) is 12.9. The number of nitrogens with zero attached hydrogens (tertiary/aromatic N) is 2. The molecule has 1 N–H and O–H groups in total. The molecule has 6 heteroatoms. The van der Waals surface area contributed by atoms with Crippen LogP contribution in [0.25, 0.3) is 0 Å². The van der Waals surface area contributed by atoms with E-state index in [9.17, 15) is 4.79 Å². The Labute approximate surface area is 203 Å². The van der Waals surface area contributed by atoms with Gasteiger partial charge in [-0.2, -0.15) is 0 Å². The molecule has 3 rings (SSSR count). The maximum Gasteiger partial charge on any atom is 0.257 e. The van der Waals surface area contributed by atoms with Crippen LogP contribution in [0.2, 0.25) is 0 Å². The van der Waals surface area contributed by atoms with E-state index in [1.165, 1.54) is 12.8 Å². The number of ether oxygens (including phenoxy) is 1. The highest BCUT2D eigenvalue weighted by molar-refractivity contribution is 6.18. The second-order valence-electron chi connectivity index (χ2n) is 8.54. The van der Waals surface area contributed by atoms with Crippen molar-refractivity contribution in [1.82, 2.24) is 5.32 Å². The molecule has 1 saturated heterocycles. The third kappa shape index (κ3) is 6.48. The fourth-order valence-electron chi connectivity index (χ4n) is 4.24. The van der Waals surface area contributed by atoms with E-state index in [-0.39, 0.29) is 11.9 Å². The van der Waals surface area contributed by atoms with E-state index in [1.807, 2.05) is 72.5 Å². The van der Waals surface area contributed by atoms with Crippen molar-refractivity contribution in [2.24, 2.45) is 5.16 Å². The summed E-state index contributed by atoms with van der Waals surface area (Å²) in [6.07, 6.45) is 6.31. The summed E-state index contributed by atoms with van der Waals surface area (Å²) >= 11 is 0. The van der Waals surface area contributed by atoms with Crippen molar-refractivity contribution < 1.29 is 14.4 Å². The maximum atomic E-state index is 13.1. The molecule has 0 aromatic heterocycles. The molecule has 34 heavy (non-hydrogen) atoms. The lowest BCUT2D eigenvalue weighted by atomic mass is 9.86. The Morgan fingerprint density at radius 3 is 2.50 bits per heavy atom. The molecule has 0 saturated carbocycles. The fraction of sp³-hybridized carbons (Fsp3) is 0.429. The summed E-state index contributed by atoms with van der Waals surface area (Å²) in [7, 11) is 1.63. The quantitative estimate of drug-likeness (QED) is 0.137. The van der Waals surface area contributed by atoms with Crippen molar-refractivity contribution in [3.63, 3.8) is 0 Å². The average molecular weight is 464 g/mol. The summed E-state index contributed by atoms with van der Waals surface area (Å²) < 4.78 is 5.26. The predicted octanol–water partition coefficient (Wildman–Crippen LogP) is 5.66. The Morgan fingerprint density at radius 2 is 1.85 bits per heavy atom. The van der Waals surface area contributed by atoms with Crippen molar-refractivity contribution >= 4 is 17.3 Å². The highest BCUT2D eigenvalue weighted by atomic mass is 16.6. The predicted molar refractivity (Wildman–Crippen MR) is 138 cm³/mol. The molecular formula is C28H37N3O3. The number of allylic oxidation sites excluding steroid dienone is 1. The molecule has 2 unspecified atom stereocenters. The van der Waals surface area contributed by atoms with Gasteiger partial charge in [-0.05, 0) is 62.2 Å². The van der Waals surface area contributed by atoms with Crippen LogP contribution in [0, 0.1) is 0 Å². The number of unbranched alkanes of at least 4 members (excludes halogenated alkanes) is 1. The van der Waals surface area contributed by atoms with Crippen molar-refractivity contribution in [3.05, 3.63) is 71.8 Å². The Morgan fingerprint density at radius 1 is 1.12 bits per heavy atom. The lowest BCUT2D eigenvalue weighted by molar-refractivity contribution is -0.119. The fourth-order valence-corrected chi connectivity index (χ4v) is 4.24. The second-order valence-corrected chi connectivity index (χ2v) is 8.54. The maximum absolute atomic E-state index is 13.1. The van der Waals surface area contributed by atoms with E-state index < -0.39 is 0 Å². The van der Waals surface area contributed by atoms with Crippen LogP contribution in [0.1, 0.15) is 58.1 Å². The molecule has 0 spiro atoms. The first kappa shape index (κ1) is 25.5. The molecule has 0 bridgehead atoms. The van der Waals surface area contributed by atoms with Gasteiger partial charge < -0.3 is 14.9 Å². The number of rotatable bonds is 13. The molecule has 6 nitrogen and oxygen atoms in total. The van der Waals surface area contributed by atoms with E-state index in [1.54, 1.807) is 7.11 Å². The molecule has 2 aromatic carbocycles. The first-order valence-electron chi connectivity index (χ1n) is 12.2. The highest BCUT2D eigenvalue weighted by Crippen LogP contribution is 2.43. The summed E-state index contributed by atoms with van der Waals surface area (Å²) in [5, 5.41) is 7.78. The topological polar surface area (TPSA) is 63.2 Å². The Balaban J connectivity index is 1.70. The van der Waals surface area contributed by atoms with Crippen LogP contribution in [0.15, 0.2) is 71.4 Å². The van der Waals surface area contributed by atoms with Gasteiger partial charge in [-0.1, -0.05) is 62.2 Å². The minimum absolute atomic E-state index is 0.0275. The number of oxime groups is 1. The van der Waals surface area contributed by atoms with Gasteiger partial charge >= 0.3 is 0 Å². The minimum Gasteiger partial charge on any atom is -0.497 e. The van der Waals surface area contributed by atoms with Crippen molar-refractivity contribution in [2.75, 3.05) is 25.2 Å². The summed E-state index contributed by atoms with van der Waals surface area (Å²) in [5.74, 6) is 0.732. The van der Waals surface area contributed by atoms with Crippen LogP contribution in [-0.4, -0.2) is 37.9 Å². The first-order valence-corrected chi connectivity index (χ1v) is 12.2. The van der Waals surface area contributed by atoms with Crippen LogP contribution in [0.4, 0.5) is 5.69 Å². The van der Waals surface area contributed by atoms with E-state index in [4.69, 9.17) is 9.57 Å². The van der Waals surface area contributed by atoms with E-state index in [0.29, 0.717) is 23.9 Å². The summed E-state index contributed by atoms with van der Waals surface area (Å²) in [6, 6.07) is 17.9. The van der Waals surface area contributed by atoms with Gasteiger partial charge in [0.05, 0.1) is 18.9 Å². The zero-order chi connectivity index (χ0) is 24.3. The van der Waals surface area contributed by atoms with Crippen LogP contribution in [0.3, 0.4) is 0 Å². The van der Waals surface area contributed by atoms with E-state index in [2.05, 4.69) is 24.3 Å². The normalized spacial score (nSPS) is 18.1. The van der Waals surface area contributed by atoms with Crippen LogP contribution in [0.5, 0.6) is 5.75 Å². The number of anilines is 1. The third-order valence-corrected chi connectivity index (χ3v) is 6.01. The van der Waals surface area contributed by atoms with Crippen LogP contribution in [-0.2, 0) is 9.63 Å². The van der Waals surface area contributed by atoms with Crippen molar-refractivity contribution in [3.8, 4) is 5.75 Å². The Hall–Kier alpha value is -3.12. The van der Waals surface area contributed by atoms with Gasteiger partial charge in [0.25, 0.3) is 5.91 Å². The van der Waals surface area contributed by atoms with Gasteiger partial charge in [0, 0.05) is 17.3 Å². The smallest absolute Gasteiger partial charge is 0.257 e. The van der Waals surface area contributed by atoms with Gasteiger partial charge in [0.15, 0.2) is 0 Å². The molecule has 1 aliphatic rings. The molecule has 0 radical (unpaired) electrons. The molecule has 1 aliphatic heterocycles. The molecule has 0 aliphatic carbocycles. The standard InChI is InChI=1S/C28H37N3O3/c1-5-7-13-23(29-6-2)18-19-34-30-21(3)20-26-27(22-11-9-8-10-12-22)31(28(26)32)24-14-16-25(33-4)17-15-24/h8-12,14-17,20,23,27,29H,5-7,13,18-19H2,1-4H3/b26-20+,30-21+. The zero-order valence-corrected chi connectivity index (χ0v) is 20.8. The number of benzene rings is 2. The van der Waals surface area contributed by atoms with E-state index in [0.717, 1.165) is 36.4 Å². The molecule has 2 atom stereocenters. The number of β-lactam (4-membered cyclic amide) rings is 1. The molecule has 1 fully saturated rings. The Bertz CT molecular complexity index is 970. The SMILES string of the molecule is CCCCC(CCO/N=C(C)/C=C1/C(=O)N(c2ccc(OC)cc2)C1c1ccccc1)NCC.